The number of rotatable bonds is 8. The zero-order chi connectivity index (χ0) is 18.2. The Labute approximate surface area is 168 Å². The standard InChI is InChI=1S/C23H24O2P.ClH/c24-18-10-11-20(25)19-26(21-12-4-1-5-13-21,22-14-6-2-7-15-22)23-16-8-3-9-17-23;/h1-9,12-17,24H,10-11,18-19H2;1H/q+1;/p-1. The molecule has 140 valence electrons. The predicted octanol–water partition coefficient (Wildman–Crippen LogP) is 0.326. The molecule has 0 radical (unpaired) electrons. The van der Waals surface area contributed by atoms with Crippen molar-refractivity contribution < 1.29 is 22.3 Å². The molecule has 0 heterocycles. The number of hydrogen-bond donors (Lipinski definition) is 1. The zero-order valence-corrected chi connectivity index (χ0v) is 16.8. The van der Waals surface area contributed by atoms with Crippen molar-refractivity contribution in [3.05, 3.63) is 91.0 Å². The fourth-order valence-corrected chi connectivity index (χ4v) is 7.56. The molecule has 3 rings (SSSR count). The van der Waals surface area contributed by atoms with Crippen molar-refractivity contribution in [3.8, 4) is 0 Å². The van der Waals surface area contributed by atoms with Crippen molar-refractivity contribution in [2.75, 3.05) is 12.8 Å². The summed E-state index contributed by atoms with van der Waals surface area (Å²) in [5.74, 6) is 0.212. The molecule has 3 aromatic carbocycles. The molecule has 3 aromatic rings. The van der Waals surface area contributed by atoms with Gasteiger partial charge in [0.05, 0.1) is 0 Å². The van der Waals surface area contributed by atoms with Crippen molar-refractivity contribution in [1.29, 1.82) is 0 Å². The Bertz CT molecular complexity index is 726. The zero-order valence-electron chi connectivity index (χ0n) is 15.2. The van der Waals surface area contributed by atoms with E-state index in [1.165, 1.54) is 15.9 Å². The van der Waals surface area contributed by atoms with Gasteiger partial charge < -0.3 is 17.5 Å². The molecule has 0 saturated carbocycles. The number of carbonyl (C=O) groups is 1. The van der Waals surface area contributed by atoms with Crippen LogP contribution in [-0.2, 0) is 4.79 Å². The highest BCUT2D eigenvalue weighted by Gasteiger charge is 2.46. The van der Waals surface area contributed by atoms with E-state index in [2.05, 4.69) is 36.4 Å². The molecule has 0 aromatic heterocycles. The fraction of sp³-hybridized carbons (Fsp3) is 0.174. The maximum atomic E-state index is 12.9. The van der Waals surface area contributed by atoms with Gasteiger partial charge in [-0.25, -0.2) is 0 Å². The summed E-state index contributed by atoms with van der Waals surface area (Å²) in [6.45, 7) is 0.0548. The first kappa shape index (κ1) is 21.3. The molecule has 0 amide bonds. The summed E-state index contributed by atoms with van der Waals surface area (Å²) in [6, 6.07) is 31.2. The second kappa shape index (κ2) is 10.4. The monoisotopic (exact) mass is 398 g/mol. The smallest absolute Gasteiger partial charge is 0.171 e. The van der Waals surface area contributed by atoms with Gasteiger partial charge in [-0.2, -0.15) is 0 Å². The first-order valence-corrected chi connectivity index (χ1v) is 10.9. The Morgan fingerprint density at radius 3 is 1.41 bits per heavy atom. The average Bonchev–Trinajstić information content (AvgIpc) is 2.72. The van der Waals surface area contributed by atoms with Crippen molar-refractivity contribution in [2.24, 2.45) is 0 Å². The SMILES string of the molecule is O=C(CCCO)C[P+](c1ccccc1)(c1ccccc1)c1ccccc1.[Cl-]. The molecule has 0 unspecified atom stereocenters. The molecule has 0 saturated heterocycles. The van der Waals surface area contributed by atoms with Crippen LogP contribution in [0.3, 0.4) is 0 Å². The van der Waals surface area contributed by atoms with Gasteiger partial charge in [-0.1, -0.05) is 54.6 Å². The highest BCUT2D eigenvalue weighted by atomic mass is 35.5. The van der Waals surface area contributed by atoms with Crippen molar-refractivity contribution in [3.63, 3.8) is 0 Å². The quantitative estimate of drug-likeness (QED) is 0.555. The van der Waals surface area contributed by atoms with E-state index in [0.29, 0.717) is 19.0 Å². The van der Waals surface area contributed by atoms with Gasteiger partial charge in [0.2, 0.25) is 0 Å². The Morgan fingerprint density at radius 1 is 0.704 bits per heavy atom. The Morgan fingerprint density at radius 2 is 1.07 bits per heavy atom. The van der Waals surface area contributed by atoms with Crippen LogP contribution in [0.25, 0.3) is 0 Å². The molecule has 0 aliphatic carbocycles. The van der Waals surface area contributed by atoms with Crippen LogP contribution in [-0.4, -0.2) is 23.7 Å². The summed E-state index contributed by atoms with van der Waals surface area (Å²) in [7, 11) is -2.08. The lowest BCUT2D eigenvalue weighted by Crippen LogP contribution is -3.00. The number of halogens is 1. The summed E-state index contributed by atoms with van der Waals surface area (Å²) in [6.07, 6.45) is 1.44. The third-order valence-electron chi connectivity index (χ3n) is 4.62. The molecule has 27 heavy (non-hydrogen) atoms. The van der Waals surface area contributed by atoms with E-state index >= 15 is 0 Å². The Balaban J connectivity index is 0.00000261. The van der Waals surface area contributed by atoms with E-state index in [-0.39, 0.29) is 24.8 Å². The molecule has 2 nitrogen and oxygen atoms in total. The molecule has 0 fully saturated rings. The number of aliphatic hydroxyl groups is 1. The Kier molecular flexibility index (Phi) is 8.19. The third kappa shape index (κ3) is 4.84. The molecular formula is C23H24ClO2P. The minimum absolute atomic E-state index is 0. The van der Waals surface area contributed by atoms with Crippen molar-refractivity contribution in [1.82, 2.24) is 0 Å². The van der Waals surface area contributed by atoms with Gasteiger partial charge in [-0.05, 0) is 42.8 Å². The molecule has 0 aliphatic heterocycles. The van der Waals surface area contributed by atoms with E-state index < -0.39 is 7.26 Å². The van der Waals surface area contributed by atoms with Crippen LogP contribution in [0.15, 0.2) is 91.0 Å². The minimum Gasteiger partial charge on any atom is -1.00 e. The maximum absolute atomic E-state index is 12.9. The lowest BCUT2D eigenvalue weighted by Gasteiger charge is -2.27. The van der Waals surface area contributed by atoms with Crippen LogP contribution in [0.5, 0.6) is 0 Å². The summed E-state index contributed by atoms with van der Waals surface area (Å²) in [4.78, 5) is 12.9. The predicted molar refractivity (Wildman–Crippen MR) is 111 cm³/mol. The minimum atomic E-state index is -2.08. The first-order valence-electron chi connectivity index (χ1n) is 8.95. The van der Waals surface area contributed by atoms with Gasteiger partial charge in [0.1, 0.15) is 29.3 Å². The number of hydrogen-bond acceptors (Lipinski definition) is 2. The lowest BCUT2D eigenvalue weighted by molar-refractivity contribution is -0.116. The van der Waals surface area contributed by atoms with E-state index in [1.54, 1.807) is 0 Å². The normalized spacial score (nSPS) is 10.9. The van der Waals surface area contributed by atoms with Crippen LogP contribution in [0.2, 0.25) is 0 Å². The number of Topliss-reactive ketones (excluding diaryl/α,β-unsaturated/α-hetero) is 1. The maximum Gasteiger partial charge on any atom is 0.171 e. The van der Waals surface area contributed by atoms with Crippen LogP contribution in [0.4, 0.5) is 0 Å². The number of aliphatic hydroxyl groups excluding tert-OH is 1. The van der Waals surface area contributed by atoms with Crippen molar-refractivity contribution >= 4 is 29.0 Å². The van der Waals surface area contributed by atoms with Crippen molar-refractivity contribution in [2.45, 2.75) is 12.8 Å². The van der Waals surface area contributed by atoms with Gasteiger partial charge in [0, 0.05) is 13.0 Å². The van der Waals surface area contributed by atoms with E-state index in [0.717, 1.165) is 0 Å². The topological polar surface area (TPSA) is 37.3 Å². The van der Waals surface area contributed by atoms with Gasteiger partial charge in [0.15, 0.2) is 5.78 Å². The number of carbonyl (C=O) groups excluding carboxylic acids is 1. The van der Waals surface area contributed by atoms with Crippen LogP contribution < -0.4 is 28.3 Å². The molecule has 4 heteroatoms. The summed E-state index contributed by atoms with van der Waals surface area (Å²) >= 11 is 0. The van der Waals surface area contributed by atoms with E-state index in [4.69, 9.17) is 5.11 Å². The van der Waals surface area contributed by atoms with Gasteiger partial charge in [0.25, 0.3) is 0 Å². The van der Waals surface area contributed by atoms with E-state index in [9.17, 15) is 4.79 Å². The van der Waals surface area contributed by atoms with Gasteiger partial charge in [-0.15, -0.1) is 0 Å². The average molecular weight is 399 g/mol. The molecule has 0 bridgehead atoms. The molecule has 0 atom stereocenters. The third-order valence-corrected chi connectivity index (χ3v) is 8.98. The van der Waals surface area contributed by atoms with Gasteiger partial charge >= 0.3 is 0 Å². The highest BCUT2D eigenvalue weighted by molar-refractivity contribution is 7.96. The van der Waals surface area contributed by atoms with E-state index in [1.807, 2.05) is 54.6 Å². The van der Waals surface area contributed by atoms with Crippen LogP contribution in [0, 0.1) is 0 Å². The van der Waals surface area contributed by atoms with Gasteiger partial charge in [-0.3, -0.25) is 4.79 Å². The number of ketones is 1. The Hall–Kier alpha value is -1.99. The summed E-state index contributed by atoms with van der Waals surface area (Å²) in [5, 5.41) is 12.8. The van der Waals surface area contributed by atoms with Crippen LogP contribution in [0.1, 0.15) is 12.8 Å². The summed E-state index contributed by atoms with van der Waals surface area (Å²) < 4.78 is 0. The largest absolute Gasteiger partial charge is 1.00 e. The second-order valence-corrected chi connectivity index (χ2v) is 9.83. The molecule has 1 N–H and O–H groups in total. The second-order valence-electron chi connectivity index (χ2n) is 6.34. The molecule has 0 aliphatic rings. The van der Waals surface area contributed by atoms with Crippen LogP contribution >= 0.6 is 7.26 Å². The molecule has 0 spiro atoms. The first-order chi connectivity index (χ1) is 12.8. The fourth-order valence-electron chi connectivity index (χ4n) is 3.39. The highest BCUT2D eigenvalue weighted by Crippen LogP contribution is 2.55. The molecular weight excluding hydrogens is 375 g/mol. The number of benzene rings is 3. The summed E-state index contributed by atoms with van der Waals surface area (Å²) in [5.41, 5.74) is 0. The lowest BCUT2D eigenvalue weighted by atomic mass is 10.2.